The van der Waals surface area contributed by atoms with Crippen molar-refractivity contribution in [2.24, 2.45) is 5.92 Å². The lowest BCUT2D eigenvalue weighted by Gasteiger charge is -2.21. The minimum atomic E-state index is -0.546. The zero-order valence-corrected chi connectivity index (χ0v) is 15.6. The Kier molecular flexibility index (Phi) is 8.00. The van der Waals surface area contributed by atoms with Gasteiger partial charge in [0.2, 0.25) is 5.91 Å². The van der Waals surface area contributed by atoms with Crippen LogP contribution in [0.4, 0.5) is 4.79 Å². The van der Waals surface area contributed by atoms with E-state index in [1.54, 1.807) is 18.2 Å². The second-order valence-corrected chi connectivity index (χ2v) is 7.25. The second-order valence-electron chi connectivity index (χ2n) is 6.43. The summed E-state index contributed by atoms with van der Waals surface area (Å²) in [5.74, 6) is -0.309. The molecule has 0 saturated heterocycles. The Bertz CT molecular complexity index is 604. The number of amides is 3. The number of aliphatic hydroxyl groups excluding tert-OH is 1. The zero-order valence-electron chi connectivity index (χ0n) is 14.1. The van der Waals surface area contributed by atoms with E-state index >= 15 is 0 Å². The molecule has 7 heteroatoms. The van der Waals surface area contributed by atoms with Crippen molar-refractivity contribution in [3.8, 4) is 0 Å². The van der Waals surface area contributed by atoms with Crippen LogP contribution < -0.4 is 10.6 Å². The molecule has 1 aliphatic rings. The third kappa shape index (κ3) is 6.17. The van der Waals surface area contributed by atoms with Crippen LogP contribution in [0.15, 0.2) is 18.2 Å². The molecule has 0 radical (unpaired) electrons. The Morgan fingerprint density at radius 1 is 1.20 bits per heavy atom. The number of benzene rings is 1. The van der Waals surface area contributed by atoms with E-state index in [1.165, 1.54) is 12.8 Å². The van der Waals surface area contributed by atoms with Gasteiger partial charge in [0.15, 0.2) is 0 Å². The van der Waals surface area contributed by atoms with Gasteiger partial charge in [-0.05, 0) is 36.5 Å². The highest BCUT2D eigenvalue weighted by molar-refractivity contribution is 6.42. The zero-order chi connectivity index (χ0) is 18.2. The van der Waals surface area contributed by atoms with Crippen LogP contribution in [-0.4, -0.2) is 30.2 Å². The molecule has 1 unspecified atom stereocenters. The summed E-state index contributed by atoms with van der Waals surface area (Å²) in [6, 6.07) is 4.62. The van der Waals surface area contributed by atoms with Crippen molar-refractivity contribution in [2.75, 3.05) is 13.2 Å². The number of hydrogen-bond donors (Lipinski definition) is 3. The third-order valence-corrected chi connectivity index (χ3v) is 5.30. The molecule has 138 valence electrons. The number of nitrogens with one attached hydrogen (secondary N) is 2. The largest absolute Gasteiger partial charge is 0.396 e. The van der Waals surface area contributed by atoms with Gasteiger partial charge in [-0.2, -0.15) is 0 Å². The molecule has 2 rings (SSSR count). The maximum Gasteiger partial charge on any atom is 0.321 e. The molecule has 0 aliphatic heterocycles. The number of halogens is 2. The topological polar surface area (TPSA) is 78.4 Å². The lowest BCUT2D eigenvalue weighted by Crippen LogP contribution is -2.42. The molecule has 3 amide bonds. The first-order valence-corrected chi connectivity index (χ1v) is 9.41. The molecular weight excluding hydrogens is 363 g/mol. The van der Waals surface area contributed by atoms with Crippen LogP contribution in [0, 0.1) is 5.92 Å². The average Bonchev–Trinajstić information content (AvgIpc) is 3.08. The van der Waals surface area contributed by atoms with E-state index in [9.17, 15) is 9.59 Å². The fourth-order valence-corrected chi connectivity index (χ4v) is 3.53. The number of carbonyl (C=O) groups excluding carboxylic acids is 2. The molecule has 25 heavy (non-hydrogen) atoms. The quantitative estimate of drug-likeness (QED) is 0.622. The standard InChI is InChI=1S/C18H24Cl2N2O3/c19-15-7-6-13(11-16(15)20)14(10-12-4-1-2-5-12)17(24)22-18(25)21-8-3-9-23/h6-7,11-12,14,23H,1-5,8-10H2,(H2,21,22,24,25). The van der Waals surface area contributed by atoms with Gasteiger partial charge in [-0.15, -0.1) is 0 Å². The molecule has 0 aromatic heterocycles. The number of carbonyl (C=O) groups is 2. The van der Waals surface area contributed by atoms with E-state index < -0.39 is 11.9 Å². The van der Waals surface area contributed by atoms with E-state index in [-0.39, 0.29) is 12.5 Å². The predicted octanol–water partition coefficient (Wildman–Crippen LogP) is 3.87. The van der Waals surface area contributed by atoms with Gasteiger partial charge in [0.25, 0.3) is 0 Å². The fraction of sp³-hybridized carbons (Fsp3) is 0.556. The van der Waals surface area contributed by atoms with E-state index in [2.05, 4.69) is 10.6 Å². The summed E-state index contributed by atoms with van der Waals surface area (Å²) in [4.78, 5) is 24.5. The molecule has 3 N–H and O–H groups in total. The molecule has 1 aromatic rings. The molecule has 0 bridgehead atoms. The first-order chi connectivity index (χ1) is 12.0. The molecule has 0 heterocycles. The average molecular weight is 387 g/mol. The predicted molar refractivity (Wildman–Crippen MR) is 99.0 cm³/mol. The summed E-state index contributed by atoms with van der Waals surface area (Å²) < 4.78 is 0. The maximum absolute atomic E-state index is 12.7. The highest BCUT2D eigenvalue weighted by Crippen LogP contribution is 2.36. The molecule has 1 saturated carbocycles. The molecule has 1 atom stereocenters. The Balaban J connectivity index is 2.08. The summed E-state index contributed by atoms with van der Waals surface area (Å²) in [6.45, 7) is 0.303. The monoisotopic (exact) mass is 386 g/mol. The number of urea groups is 1. The van der Waals surface area contributed by atoms with Crippen molar-refractivity contribution < 1.29 is 14.7 Å². The van der Waals surface area contributed by atoms with E-state index in [0.717, 1.165) is 18.4 Å². The lowest BCUT2D eigenvalue weighted by atomic mass is 9.87. The van der Waals surface area contributed by atoms with Crippen LogP contribution in [-0.2, 0) is 4.79 Å². The van der Waals surface area contributed by atoms with Gasteiger partial charge in [0.1, 0.15) is 0 Å². The number of rotatable bonds is 7. The van der Waals surface area contributed by atoms with Crippen molar-refractivity contribution in [2.45, 2.75) is 44.4 Å². The van der Waals surface area contributed by atoms with Gasteiger partial charge >= 0.3 is 6.03 Å². The van der Waals surface area contributed by atoms with Crippen LogP contribution in [0.2, 0.25) is 10.0 Å². The van der Waals surface area contributed by atoms with Crippen LogP contribution in [0.3, 0.4) is 0 Å². The lowest BCUT2D eigenvalue weighted by molar-refractivity contribution is -0.121. The minimum Gasteiger partial charge on any atom is -0.396 e. The Hall–Kier alpha value is -1.30. The van der Waals surface area contributed by atoms with Gasteiger partial charge in [0.05, 0.1) is 16.0 Å². The number of hydrogen-bond acceptors (Lipinski definition) is 3. The summed E-state index contributed by atoms with van der Waals surface area (Å²) in [5.41, 5.74) is 0.766. The highest BCUT2D eigenvalue weighted by atomic mass is 35.5. The molecule has 1 aliphatic carbocycles. The SMILES string of the molecule is O=C(NCCCO)NC(=O)C(CC1CCCC1)c1ccc(Cl)c(Cl)c1. The van der Waals surface area contributed by atoms with Crippen molar-refractivity contribution in [1.29, 1.82) is 0 Å². The third-order valence-electron chi connectivity index (χ3n) is 4.56. The van der Waals surface area contributed by atoms with E-state index in [1.807, 2.05) is 0 Å². The minimum absolute atomic E-state index is 0.0121. The van der Waals surface area contributed by atoms with Crippen LogP contribution in [0.5, 0.6) is 0 Å². The second kappa shape index (κ2) is 10.00. The van der Waals surface area contributed by atoms with Gasteiger partial charge in [-0.1, -0.05) is 55.0 Å². The molecule has 0 spiro atoms. The Labute approximate surface area is 158 Å². The van der Waals surface area contributed by atoms with Gasteiger partial charge < -0.3 is 10.4 Å². The van der Waals surface area contributed by atoms with E-state index in [0.29, 0.717) is 35.3 Å². The van der Waals surface area contributed by atoms with Gasteiger partial charge in [0, 0.05) is 13.2 Å². The number of imide groups is 1. The van der Waals surface area contributed by atoms with Crippen molar-refractivity contribution >= 4 is 35.1 Å². The van der Waals surface area contributed by atoms with Crippen molar-refractivity contribution in [1.82, 2.24) is 10.6 Å². The van der Waals surface area contributed by atoms with Crippen LogP contribution in [0.25, 0.3) is 0 Å². The number of aliphatic hydroxyl groups is 1. The summed E-state index contributed by atoms with van der Waals surface area (Å²) in [7, 11) is 0. The smallest absolute Gasteiger partial charge is 0.321 e. The fourth-order valence-electron chi connectivity index (χ4n) is 3.23. The summed E-state index contributed by atoms with van der Waals surface area (Å²) in [5, 5.41) is 14.5. The summed E-state index contributed by atoms with van der Waals surface area (Å²) >= 11 is 12.1. The normalized spacial score (nSPS) is 15.8. The molecular formula is C18H24Cl2N2O3. The van der Waals surface area contributed by atoms with Gasteiger partial charge in [-0.25, -0.2) is 4.79 Å². The molecule has 5 nitrogen and oxygen atoms in total. The summed E-state index contributed by atoms with van der Waals surface area (Å²) in [6.07, 6.45) is 5.71. The molecule has 1 aromatic carbocycles. The first kappa shape index (κ1) is 20.0. The van der Waals surface area contributed by atoms with Crippen LogP contribution >= 0.6 is 23.2 Å². The van der Waals surface area contributed by atoms with Crippen LogP contribution in [0.1, 0.15) is 50.0 Å². The van der Waals surface area contributed by atoms with Crippen molar-refractivity contribution in [3.63, 3.8) is 0 Å². The highest BCUT2D eigenvalue weighted by Gasteiger charge is 2.28. The van der Waals surface area contributed by atoms with E-state index in [4.69, 9.17) is 28.3 Å². The first-order valence-electron chi connectivity index (χ1n) is 8.65. The van der Waals surface area contributed by atoms with Crippen molar-refractivity contribution in [3.05, 3.63) is 33.8 Å². The van der Waals surface area contributed by atoms with Gasteiger partial charge in [-0.3, -0.25) is 10.1 Å². The Morgan fingerprint density at radius 2 is 1.92 bits per heavy atom. The Morgan fingerprint density at radius 3 is 2.56 bits per heavy atom. The maximum atomic E-state index is 12.7. The molecule has 1 fully saturated rings.